The fraction of sp³-hybridized carbons (Fsp3) is 0. The topological polar surface area (TPSA) is 37.3 Å². The first-order valence-electron chi connectivity index (χ1n) is 4.76. The first-order valence-corrected chi connectivity index (χ1v) is 5.55. The number of phenolic OH excluding ortho intramolecular Hbond substituents is 1. The summed E-state index contributed by atoms with van der Waals surface area (Å²) in [7, 11) is 0. The largest absolute Gasteiger partial charge is 0.507 e. The van der Waals surface area contributed by atoms with Crippen LogP contribution >= 0.6 is 15.9 Å². The Balaban J connectivity index is 2.74. The summed E-state index contributed by atoms with van der Waals surface area (Å²) in [5, 5.41) is 11.7. The number of fused-ring (bicyclic) bond motifs is 1. The molecule has 0 spiro atoms. The van der Waals surface area contributed by atoms with E-state index in [1.54, 1.807) is 12.1 Å². The van der Waals surface area contributed by atoms with Crippen LogP contribution in [0.25, 0.3) is 16.8 Å². The molecule has 2 aromatic rings. The molecule has 0 aromatic heterocycles. The summed E-state index contributed by atoms with van der Waals surface area (Å²) in [4.78, 5) is 10.3. The molecule has 0 aliphatic heterocycles. The first-order chi connectivity index (χ1) is 7.74. The standard InChI is InChI=1S/C13H9BrO2/c14-12-8-9(4-3-7-15)13(16)11-6-2-1-5-10(11)12/h1-8,16H. The third-order valence-electron chi connectivity index (χ3n) is 2.35. The molecule has 0 saturated heterocycles. The number of allylic oxidation sites excluding steroid dienone is 1. The zero-order valence-corrected chi connectivity index (χ0v) is 9.94. The smallest absolute Gasteiger partial charge is 0.142 e. The summed E-state index contributed by atoms with van der Waals surface area (Å²) in [5.41, 5.74) is 0.623. The summed E-state index contributed by atoms with van der Waals surface area (Å²) in [6, 6.07) is 9.33. The molecule has 1 N–H and O–H groups in total. The van der Waals surface area contributed by atoms with Crippen molar-refractivity contribution in [2.75, 3.05) is 0 Å². The molecule has 2 nitrogen and oxygen atoms in total. The van der Waals surface area contributed by atoms with E-state index in [1.807, 2.05) is 24.3 Å². The summed E-state index contributed by atoms with van der Waals surface area (Å²) in [6.45, 7) is 0. The zero-order valence-electron chi connectivity index (χ0n) is 8.35. The van der Waals surface area contributed by atoms with Gasteiger partial charge in [-0.3, -0.25) is 4.79 Å². The minimum absolute atomic E-state index is 0.192. The number of phenols is 1. The van der Waals surface area contributed by atoms with Gasteiger partial charge < -0.3 is 5.11 Å². The highest BCUT2D eigenvalue weighted by Gasteiger charge is 2.07. The van der Waals surface area contributed by atoms with Crippen LogP contribution in [-0.4, -0.2) is 11.4 Å². The van der Waals surface area contributed by atoms with Gasteiger partial charge in [0, 0.05) is 15.4 Å². The Bertz CT molecular complexity index is 573. The van der Waals surface area contributed by atoms with Crippen LogP contribution in [0.4, 0.5) is 0 Å². The molecular formula is C13H9BrO2. The minimum atomic E-state index is 0.192. The fourth-order valence-electron chi connectivity index (χ4n) is 1.61. The molecule has 0 unspecified atom stereocenters. The van der Waals surface area contributed by atoms with Crippen LogP contribution < -0.4 is 0 Å². The lowest BCUT2D eigenvalue weighted by Gasteiger charge is -2.06. The average molecular weight is 277 g/mol. The Morgan fingerprint density at radius 1 is 1.19 bits per heavy atom. The number of rotatable bonds is 2. The lowest BCUT2D eigenvalue weighted by atomic mass is 10.1. The van der Waals surface area contributed by atoms with E-state index in [1.165, 1.54) is 6.08 Å². The van der Waals surface area contributed by atoms with Crippen LogP contribution in [0.1, 0.15) is 5.56 Å². The molecule has 0 fully saturated rings. The van der Waals surface area contributed by atoms with Crippen LogP contribution in [-0.2, 0) is 4.79 Å². The highest BCUT2D eigenvalue weighted by atomic mass is 79.9. The zero-order chi connectivity index (χ0) is 11.5. The second kappa shape index (κ2) is 4.49. The van der Waals surface area contributed by atoms with Gasteiger partial charge in [-0.1, -0.05) is 40.2 Å². The molecule has 0 atom stereocenters. The number of hydrogen-bond donors (Lipinski definition) is 1. The predicted molar refractivity (Wildman–Crippen MR) is 68.4 cm³/mol. The van der Waals surface area contributed by atoms with Crippen molar-refractivity contribution in [2.24, 2.45) is 0 Å². The van der Waals surface area contributed by atoms with Gasteiger partial charge in [0.25, 0.3) is 0 Å². The first kappa shape index (κ1) is 10.9. The number of aldehydes is 1. The minimum Gasteiger partial charge on any atom is -0.507 e. The molecule has 0 saturated carbocycles. The highest BCUT2D eigenvalue weighted by Crippen LogP contribution is 2.34. The number of aromatic hydroxyl groups is 1. The van der Waals surface area contributed by atoms with E-state index in [-0.39, 0.29) is 5.75 Å². The summed E-state index contributed by atoms with van der Waals surface area (Å²) >= 11 is 3.44. The van der Waals surface area contributed by atoms with Crippen molar-refractivity contribution in [3.63, 3.8) is 0 Å². The van der Waals surface area contributed by atoms with Crippen LogP contribution in [0.15, 0.2) is 40.9 Å². The van der Waals surface area contributed by atoms with Crippen LogP contribution in [0.2, 0.25) is 0 Å². The SMILES string of the molecule is O=CC=Cc1cc(Br)c2ccccc2c1O. The quantitative estimate of drug-likeness (QED) is 0.673. The van der Waals surface area contributed by atoms with E-state index in [0.717, 1.165) is 15.2 Å². The van der Waals surface area contributed by atoms with E-state index in [0.29, 0.717) is 11.8 Å². The van der Waals surface area contributed by atoms with Gasteiger partial charge in [-0.05, 0) is 23.6 Å². The van der Waals surface area contributed by atoms with Gasteiger partial charge in [0.2, 0.25) is 0 Å². The number of carbonyl (C=O) groups is 1. The predicted octanol–water partition coefficient (Wildman–Crippen LogP) is 3.52. The number of carbonyl (C=O) groups excluding carboxylic acids is 1. The van der Waals surface area contributed by atoms with E-state index in [2.05, 4.69) is 15.9 Å². The van der Waals surface area contributed by atoms with Crippen molar-refractivity contribution in [3.05, 3.63) is 46.4 Å². The molecule has 2 rings (SSSR count). The Morgan fingerprint density at radius 3 is 2.56 bits per heavy atom. The third-order valence-corrected chi connectivity index (χ3v) is 3.01. The molecule has 0 aliphatic rings. The second-order valence-corrected chi connectivity index (χ2v) is 4.19. The Kier molecular flexibility index (Phi) is 3.06. The van der Waals surface area contributed by atoms with Crippen molar-refractivity contribution in [1.29, 1.82) is 0 Å². The van der Waals surface area contributed by atoms with Crippen molar-refractivity contribution >= 4 is 39.1 Å². The molecule has 3 heteroatoms. The Labute approximate surface area is 101 Å². The van der Waals surface area contributed by atoms with Crippen molar-refractivity contribution in [2.45, 2.75) is 0 Å². The van der Waals surface area contributed by atoms with E-state index >= 15 is 0 Å². The Hall–Kier alpha value is -1.61. The van der Waals surface area contributed by atoms with Crippen molar-refractivity contribution in [1.82, 2.24) is 0 Å². The van der Waals surface area contributed by atoms with Gasteiger partial charge in [0.15, 0.2) is 0 Å². The molecule has 0 amide bonds. The average Bonchev–Trinajstić information content (AvgIpc) is 2.32. The number of benzene rings is 2. The maximum Gasteiger partial charge on any atom is 0.142 e. The Morgan fingerprint density at radius 2 is 1.88 bits per heavy atom. The van der Waals surface area contributed by atoms with Gasteiger partial charge in [-0.2, -0.15) is 0 Å². The van der Waals surface area contributed by atoms with Crippen LogP contribution in [0.5, 0.6) is 5.75 Å². The summed E-state index contributed by atoms with van der Waals surface area (Å²) < 4.78 is 0.895. The maximum absolute atomic E-state index is 10.3. The van der Waals surface area contributed by atoms with Crippen molar-refractivity contribution in [3.8, 4) is 5.75 Å². The van der Waals surface area contributed by atoms with E-state index in [9.17, 15) is 9.90 Å². The second-order valence-electron chi connectivity index (χ2n) is 3.34. The lowest BCUT2D eigenvalue weighted by Crippen LogP contribution is -1.81. The molecule has 0 bridgehead atoms. The summed E-state index contributed by atoms with van der Waals surface area (Å²) in [6.07, 6.45) is 3.62. The van der Waals surface area contributed by atoms with Crippen molar-refractivity contribution < 1.29 is 9.90 Å². The fourth-order valence-corrected chi connectivity index (χ4v) is 2.20. The maximum atomic E-state index is 10.3. The molecular weight excluding hydrogens is 268 g/mol. The van der Waals surface area contributed by atoms with Crippen LogP contribution in [0.3, 0.4) is 0 Å². The van der Waals surface area contributed by atoms with Crippen LogP contribution in [0, 0.1) is 0 Å². The van der Waals surface area contributed by atoms with Gasteiger partial charge in [-0.25, -0.2) is 0 Å². The number of hydrogen-bond acceptors (Lipinski definition) is 2. The van der Waals surface area contributed by atoms with Gasteiger partial charge in [-0.15, -0.1) is 0 Å². The molecule has 0 radical (unpaired) electrons. The molecule has 0 aliphatic carbocycles. The normalized spacial score (nSPS) is 11.1. The van der Waals surface area contributed by atoms with Gasteiger partial charge in [0.1, 0.15) is 12.0 Å². The highest BCUT2D eigenvalue weighted by molar-refractivity contribution is 9.10. The third kappa shape index (κ3) is 1.86. The van der Waals surface area contributed by atoms with E-state index in [4.69, 9.17) is 0 Å². The summed E-state index contributed by atoms with van der Waals surface area (Å²) in [5.74, 6) is 0.192. The molecule has 80 valence electrons. The molecule has 16 heavy (non-hydrogen) atoms. The van der Waals surface area contributed by atoms with Gasteiger partial charge >= 0.3 is 0 Å². The van der Waals surface area contributed by atoms with Gasteiger partial charge in [0.05, 0.1) is 0 Å². The van der Waals surface area contributed by atoms with E-state index < -0.39 is 0 Å². The molecule has 0 heterocycles. The monoisotopic (exact) mass is 276 g/mol. The lowest BCUT2D eigenvalue weighted by molar-refractivity contribution is -0.104. The molecule has 2 aromatic carbocycles. The number of halogens is 1.